The van der Waals surface area contributed by atoms with E-state index in [4.69, 9.17) is 9.26 Å². The Morgan fingerprint density at radius 1 is 1.38 bits per heavy atom. The maximum absolute atomic E-state index is 12.5. The van der Waals surface area contributed by atoms with Gasteiger partial charge in [-0.3, -0.25) is 9.48 Å². The van der Waals surface area contributed by atoms with Crippen molar-refractivity contribution in [1.29, 1.82) is 0 Å². The lowest BCUT2D eigenvalue weighted by Gasteiger charge is -2.35. The number of aryl methyl sites for hydroxylation is 1. The van der Waals surface area contributed by atoms with E-state index >= 15 is 0 Å². The zero-order valence-corrected chi connectivity index (χ0v) is 13.7. The van der Waals surface area contributed by atoms with Crippen LogP contribution >= 0.6 is 0 Å². The van der Waals surface area contributed by atoms with Crippen LogP contribution in [0.3, 0.4) is 0 Å². The van der Waals surface area contributed by atoms with Crippen LogP contribution in [0.1, 0.15) is 49.9 Å². The molecule has 8 heteroatoms. The lowest BCUT2D eigenvalue weighted by Crippen LogP contribution is -2.46. The van der Waals surface area contributed by atoms with E-state index in [9.17, 15) is 4.79 Å². The number of amides is 1. The quantitative estimate of drug-likeness (QED) is 0.826. The Morgan fingerprint density at radius 3 is 3.00 bits per heavy atom. The smallest absolute Gasteiger partial charge is 0.257 e. The highest BCUT2D eigenvalue weighted by atomic mass is 16.5. The highest BCUT2D eigenvalue weighted by molar-refractivity contribution is 5.76. The van der Waals surface area contributed by atoms with Gasteiger partial charge in [0.15, 0.2) is 11.9 Å². The first kappa shape index (κ1) is 15.3. The summed E-state index contributed by atoms with van der Waals surface area (Å²) < 4.78 is 13.0. The monoisotopic (exact) mass is 331 g/mol. The minimum absolute atomic E-state index is 0.0614. The summed E-state index contributed by atoms with van der Waals surface area (Å²) in [4.78, 5) is 18.8. The summed E-state index contributed by atoms with van der Waals surface area (Å²) >= 11 is 0. The molecule has 0 radical (unpaired) electrons. The van der Waals surface area contributed by atoms with E-state index in [2.05, 4.69) is 15.2 Å². The normalized spacial score (nSPS) is 24.3. The summed E-state index contributed by atoms with van der Waals surface area (Å²) in [5.41, 5.74) is 0. The standard InChI is InChI=1S/C16H21N5O3/c1-11-9-20(14(22)5-8-21-7-2-6-17-21)10-13(23-11)16-18-15(19-24-16)12-3-4-12/h2,6-7,11-13H,3-5,8-10H2,1H3/t11-,13-/m1/s1. The van der Waals surface area contributed by atoms with Gasteiger partial charge in [-0.15, -0.1) is 0 Å². The van der Waals surface area contributed by atoms with Crippen LogP contribution in [0.2, 0.25) is 0 Å². The molecular weight excluding hydrogens is 310 g/mol. The Balaban J connectivity index is 1.39. The van der Waals surface area contributed by atoms with Crippen LogP contribution in [0.4, 0.5) is 0 Å². The fourth-order valence-corrected chi connectivity index (χ4v) is 2.98. The molecule has 2 atom stereocenters. The number of hydrogen-bond donors (Lipinski definition) is 0. The molecule has 4 rings (SSSR count). The van der Waals surface area contributed by atoms with Crippen LogP contribution in [-0.4, -0.2) is 49.9 Å². The molecule has 1 saturated carbocycles. The van der Waals surface area contributed by atoms with Crippen molar-refractivity contribution in [2.24, 2.45) is 0 Å². The van der Waals surface area contributed by atoms with Crippen molar-refractivity contribution in [3.63, 3.8) is 0 Å². The van der Waals surface area contributed by atoms with E-state index in [1.807, 2.05) is 24.1 Å². The molecule has 0 unspecified atom stereocenters. The number of hydrogen-bond acceptors (Lipinski definition) is 6. The molecule has 2 aliphatic rings. The average Bonchev–Trinajstić information content (AvgIpc) is 3.10. The number of nitrogens with zero attached hydrogens (tertiary/aromatic N) is 5. The fraction of sp³-hybridized carbons (Fsp3) is 0.625. The number of carbonyl (C=O) groups excluding carboxylic acids is 1. The van der Waals surface area contributed by atoms with Gasteiger partial charge in [-0.25, -0.2) is 0 Å². The van der Waals surface area contributed by atoms with Crippen LogP contribution in [0, 0.1) is 0 Å². The Morgan fingerprint density at radius 2 is 2.25 bits per heavy atom. The van der Waals surface area contributed by atoms with Gasteiger partial charge < -0.3 is 14.2 Å². The summed E-state index contributed by atoms with van der Waals surface area (Å²) in [7, 11) is 0. The first-order chi connectivity index (χ1) is 11.7. The third kappa shape index (κ3) is 3.33. The van der Waals surface area contributed by atoms with Gasteiger partial charge in [-0.1, -0.05) is 5.16 Å². The Kier molecular flexibility index (Phi) is 4.05. The van der Waals surface area contributed by atoms with Crippen LogP contribution in [0.5, 0.6) is 0 Å². The molecule has 1 aliphatic heterocycles. The van der Waals surface area contributed by atoms with Crippen molar-refractivity contribution >= 4 is 5.91 Å². The molecule has 0 spiro atoms. The molecule has 1 amide bonds. The molecule has 1 aliphatic carbocycles. The molecule has 2 fully saturated rings. The Bertz CT molecular complexity index is 694. The molecule has 24 heavy (non-hydrogen) atoms. The van der Waals surface area contributed by atoms with Gasteiger partial charge in [0, 0.05) is 37.8 Å². The number of rotatable bonds is 5. The third-order valence-electron chi connectivity index (χ3n) is 4.40. The number of ether oxygens (including phenoxy) is 1. The van der Waals surface area contributed by atoms with Gasteiger partial charge in [0.25, 0.3) is 5.89 Å². The molecule has 0 aromatic carbocycles. The maximum Gasteiger partial charge on any atom is 0.257 e. The van der Waals surface area contributed by atoms with Crippen LogP contribution in [-0.2, 0) is 16.1 Å². The first-order valence-electron chi connectivity index (χ1n) is 8.43. The fourth-order valence-electron chi connectivity index (χ4n) is 2.98. The number of carbonyl (C=O) groups is 1. The summed E-state index contributed by atoms with van der Waals surface area (Å²) in [5.74, 6) is 1.78. The summed E-state index contributed by atoms with van der Waals surface area (Å²) in [6, 6.07) is 1.85. The van der Waals surface area contributed by atoms with Crippen molar-refractivity contribution in [3.05, 3.63) is 30.2 Å². The summed E-state index contributed by atoms with van der Waals surface area (Å²) in [5, 5.41) is 8.16. The minimum atomic E-state index is -0.345. The van der Waals surface area contributed by atoms with E-state index < -0.39 is 0 Å². The molecule has 2 aromatic heterocycles. The Hall–Kier alpha value is -2.22. The molecule has 0 bridgehead atoms. The predicted molar refractivity (Wildman–Crippen MR) is 83.0 cm³/mol. The largest absolute Gasteiger partial charge is 0.362 e. The molecule has 8 nitrogen and oxygen atoms in total. The lowest BCUT2D eigenvalue weighted by molar-refractivity contribution is -0.147. The van der Waals surface area contributed by atoms with Crippen LogP contribution in [0.15, 0.2) is 23.0 Å². The van der Waals surface area contributed by atoms with E-state index in [1.165, 1.54) is 0 Å². The van der Waals surface area contributed by atoms with Crippen molar-refractivity contribution in [2.75, 3.05) is 13.1 Å². The second kappa shape index (κ2) is 6.35. The highest BCUT2D eigenvalue weighted by Gasteiger charge is 2.35. The topological polar surface area (TPSA) is 86.3 Å². The van der Waals surface area contributed by atoms with Crippen LogP contribution < -0.4 is 0 Å². The van der Waals surface area contributed by atoms with Crippen molar-refractivity contribution < 1.29 is 14.1 Å². The molecule has 2 aromatic rings. The summed E-state index contributed by atoms with van der Waals surface area (Å²) in [6.45, 7) is 3.57. The average molecular weight is 331 g/mol. The van der Waals surface area contributed by atoms with Gasteiger partial charge in [0.2, 0.25) is 5.91 Å². The second-order valence-electron chi connectivity index (χ2n) is 6.52. The van der Waals surface area contributed by atoms with Gasteiger partial charge in [-0.05, 0) is 25.8 Å². The lowest BCUT2D eigenvalue weighted by atomic mass is 10.2. The summed E-state index contributed by atoms with van der Waals surface area (Å²) in [6.07, 6.45) is 5.83. The minimum Gasteiger partial charge on any atom is -0.362 e. The van der Waals surface area contributed by atoms with E-state index in [1.54, 1.807) is 10.9 Å². The van der Waals surface area contributed by atoms with Gasteiger partial charge in [-0.2, -0.15) is 10.1 Å². The first-order valence-corrected chi connectivity index (χ1v) is 8.43. The SMILES string of the molecule is C[C@@H]1CN(C(=O)CCn2cccn2)C[C@H](c2nc(C3CC3)no2)O1. The van der Waals surface area contributed by atoms with Gasteiger partial charge >= 0.3 is 0 Å². The zero-order chi connectivity index (χ0) is 16.5. The number of morpholine rings is 1. The third-order valence-corrected chi connectivity index (χ3v) is 4.40. The van der Waals surface area contributed by atoms with Crippen LogP contribution in [0.25, 0.3) is 0 Å². The molecule has 128 valence electrons. The predicted octanol–water partition coefficient (Wildman–Crippen LogP) is 1.52. The van der Waals surface area contributed by atoms with E-state index in [0.29, 0.717) is 37.9 Å². The molecule has 1 saturated heterocycles. The van der Waals surface area contributed by atoms with Crippen molar-refractivity contribution in [2.45, 2.75) is 50.9 Å². The van der Waals surface area contributed by atoms with E-state index in [-0.39, 0.29) is 18.1 Å². The van der Waals surface area contributed by atoms with Gasteiger partial charge in [0.05, 0.1) is 12.6 Å². The maximum atomic E-state index is 12.5. The molecule has 0 N–H and O–H groups in total. The Labute approximate surface area is 139 Å². The molecule has 3 heterocycles. The van der Waals surface area contributed by atoms with Gasteiger partial charge in [0.1, 0.15) is 0 Å². The second-order valence-corrected chi connectivity index (χ2v) is 6.52. The number of aromatic nitrogens is 4. The highest BCUT2D eigenvalue weighted by Crippen LogP contribution is 2.38. The zero-order valence-electron chi connectivity index (χ0n) is 13.7. The van der Waals surface area contributed by atoms with Crippen molar-refractivity contribution in [3.8, 4) is 0 Å². The molecular formula is C16H21N5O3. The van der Waals surface area contributed by atoms with Crippen molar-refractivity contribution in [1.82, 2.24) is 24.8 Å². The van der Waals surface area contributed by atoms with E-state index in [0.717, 1.165) is 18.7 Å².